The number of sulfonamides is 1. The molecule has 0 aliphatic heterocycles. The smallest absolute Gasteiger partial charge is 0.240 e. The van der Waals surface area contributed by atoms with Crippen molar-refractivity contribution in [3.63, 3.8) is 0 Å². The Kier molecular flexibility index (Phi) is 6.10. The topological polar surface area (TPSA) is 101 Å². The van der Waals surface area contributed by atoms with Crippen molar-refractivity contribution in [2.45, 2.75) is 31.6 Å². The zero-order valence-corrected chi connectivity index (χ0v) is 12.9. The number of amides is 1. The summed E-state index contributed by atoms with van der Waals surface area (Å²) in [5.41, 5.74) is 5.34. The van der Waals surface area contributed by atoms with Crippen molar-refractivity contribution in [3.8, 4) is 0 Å². The molecule has 0 spiro atoms. The zero-order valence-electron chi connectivity index (χ0n) is 12.1. The van der Waals surface area contributed by atoms with Crippen molar-refractivity contribution >= 4 is 21.6 Å². The lowest BCUT2D eigenvalue weighted by Gasteiger charge is -2.09. The second-order valence-electron chi connectivity index (χ2n) is 4.64. The normalized spacial score (nSPS) is 11.4. The van der Waals surface area contributed by atoms with Crippen LogP contribution in [0.1, 0.15) is 25.3 Å². The average Bonchev–Trinajstić information content (AvgIpc) is 2.41. The van der Waals surface area contributed by atoms with Gasteiger partial charge in [-0.1, -0.05) is 6.92 Å². The largest absolute Gasteiger partial charge is 0.396 e. The number of hydrogen-bond donors (Lipinski definition) is 3. The lowest BCUT2D eigenvalue weighted by molar-refractivity contribution is -0.120. The van der Waals surface area contributed by atoms with Gasteiger partial charge in [0.05, 0.1) is 10.6 Å². The van der Waals surface area contributed by atoms with E-state index in [2.05, 4.69) is 10.0 Å². The molecule has 118 valence electrons. The van der Waals surface area contributed by atoms with E-state index >= 15 is 0 Å². The molecule has 0 aliphatic rings. The van der Waals surface area contributed by atoms with Gasteiger partial charge in [0.1, 0.15) is 5.82 Å². The fourth-order valence-electron chi connectivity index (χ4n) is 1.65. The van der Waals surface area contributed by atoms with Gasteiger partial charge in [0.2, 0.25) is 15.9 Å². The Morgan fingerprint density at radius 3 is 2.57 bits per heavy atom. The maximum Gasteiger partial charge on any atom is 0.240 e. The SMILES string of the molecule is CCCNC(=O)CCNS(=O)(=O)c1cc(C)c(F)c(N)c1. The number of nitrogens with two attached hydrogens (primary N) is 1. The number of nitrogens with one attached hydrogen (secondary N) is 2. The Bertz CT molecular complexity index is 594. The van der Waals surface area contributed by atoms with Gasteiger partial charge in [-0.2, -0.15) is 0 Å². The summed E-state index contributed by atoms with van der Waals surface area (Å²) in [5, 5.41) is 2.64. The first-order valence-corrected chi connectivity index (χ1v) is 8.08. The predicted molar refractivity (Wildman–Crippen MR) is 78.7 cm³/mol. The minimum Gasteiger partial charge on any atom is -0.396 e. The lowest BCUT2D eigenvalue weighted by atomic mass is 10.2. The van der Waals surface area contributed by atoms with E-state index in [9.17, 15) is 17.6 Å². The summed E-state index contributed by atoms with van der Waals surface area (Å²) < 4.78 is 39.7. The quantitative estimate of drug-likeness (QED) is 0.651. The Morgan fingerprint density at radius 2 is 2.00 bits per heavy atom. The highest BCUT2D eigenvalue weighted by Gasteiger charge is 2.17. The first kappa shape index (κ1) is 17.4. The third-order valence-corrected chi connectivity index (χ3v) is 4.22. The Morgan fingerprint density at radius 1 is 1.33 bits per heavy atom. The molecule has 0 unspecified atom stereocenters. The van der Waals surface area contributed by atoms with E-state index in [1.807, 2.05) is 6.92 Å². The van der Waals surface area contributed by atoms with Crippen LogP contribution in [-0.2, 0) is 14.8 Å². The van der Waals surface area contributed by atoms with E-state index in [4.69, 9.17) is 5.73 Å². The van der Waals surface area contributed by atoms with Crippen LogP contribution in [0.2, 0.25) is 0 Å². The molecule has 8 heteroatoms. The number of aryl methyl sites for hydroxylation is 1. The van der Waals surface area contributed by atoms with Crippen LogP contribution in [0.3, 0.4) is 0 Å². The number of hydrogen-bond acceptors (Lipinski definition) is 4. The standard InChI is InChI=1S/C13H20FN3O3S/c1-3-5-16-12(18)4-6-17-21(19,20)10-7-9(2)13(14)11(15)8-10/h7-8,17H,3-6,15H2,1-2H3,(H,16,18). The summed E-state index contributed by atoms with van der Waals surface area (Å²) in [5.74, 6) is -0.859. The highest BCUT2D eigenvalue weighted by molar-refractivity contribution is 7.89. The molecule has 0 atom stereocenters. The molecular formula is C13H20FN3O3S. The molecule has 0 aromatic heterocycles. The van der Waals surface area contributed by atoms with E-state index in [0.717, 1.165) is 12.5 Å². The number of carbonyl (C=O) groups is 1. The summed E-state index contributed by atoms with van der Waals surface area (Å²) in [7, 11) is -3.81. The minimum absolute atomic E-state index is 0.0335. The number of rotatable bonds is 7. The lowest BCUT2D eigenvalue weighted by Crippen LogP contribution is -2.31. The first-order chi connectivity index (χ1) is 9.77. The Balaban J connectivity index is 2.68. The Hall–Kier alpha value is -1.67. The highest BCUT2D eigenvalue weighted by Crippen LogP contribution is 2.20. The monoisotopic (exact) mass is 317 g/mol. The van der Waals surface area contributed by atoms with Crippen LogP contribution in [-0.4, -0.2) is 27.4 Å². The summed E-state index contributed by atoms with van der Waals surface area (Å²) in [6.07, 6.45) is 0.848. The van der Waals surface area contributed by atoms with Crippen molar-refractivity contribution in [2.24, 2.45) is 0 Å². The van der Waals surface area contributed by atoms with Gasteiger partial charge in [0, 0.05) is 19.5 Å². The molecule has 1 rings (SSSR count). The summed E-state index contributed by atoms with van der Waals surface area (Å²) in [4.78, 5) is 11.2. The maximum atomic E-state index is 13.4. The minimum atomic E-state index is -3.81. The van der Waals surface area contributed by atoms with Crippen molar-refractivity contribution in [1.82, 2.24) is 10.0 Å². The molecule has 4 N–H and O–H groups in total. The van der Waals surface area contributed by atoms with Crippen LogP contribution >= 0.6 is 0 Å². The Labute approximate surface area is 124 Å². The molecule has 0 aliphatic carbocycles. The number of benzene rings is 1. The second kappa shape index (κ2) is 7.37. The maximum absolute atomic E-state index is 13.4. The number of halogens is 1. The molecule has 21 heavy (non-hydrogen) atoms. The molecule has 1 amide bonds. The van der Waals surface area contributed by atoms with Gasteiger partial charge in [-0.3, -0.25) is 4.79 Å². The van der Waals surface area contributed by atoms with Crippen LogP contribution in [0.5, 0.6) is 0 Å². The van der Waals surface area contributed by atoms with E-state index in [-0.39, 0.29) is 35.0 Å². The fourth-order valence-corrected chi connectivity index (χ4v) is 2.80. The molecule has 1 aromatic rings. The third-order valence-electron chi connectivity index (χ3n) is 2.78. The molecule has 0 saturated carbocycles. The van der Waals surface area contributed by atoms with Gasteiger partial charge < -0.3 is 11.1 Å². The second-order valence-corrected chi connectivity index (χ2v) is 6.41. The van der Waals surface area contributed by atoms with Gasteiger partial charge in [-0.05, 0) is 31.0 Å². The summed E-state index contributed by atoms with van der Waals surface area (Å²) in [6, 6.07) is 2.26. The molecule has 6 nitrogen and oxygen atoms in total. The fraction of sp³-hybridized carbons (Fsp3) is 0.462. The van der Waals surface area contributed by atoms with Gasteiger partial charge >= 0.3 is 0 Å². The van der Waals surface area contributed by atoms with E-state index < -0.39 is 15.8 Å². The van der Waals surface area contributed by atoms with E-state index in [0.29, 0.717) is 6.54 Å². The van der Waals surface area contributed by atoms with Crippen molar-refractivity contribution < 1.29 is 17.6 Å². The third kappa shape index (κ3) is 4.98. The molecule has 0 bridgehead atoms. The summed E-state index contributed by atoms with van der Waals surface area (Å²) >= 11 is 0. The van der Waals surface area contributed by atoms with Gasteiger partial charge in [0.15, 0.2) is 0 Å². The molecule has 0 fully saturated rings. The molecule has 0 heterocycles. The van der Waals surface area contributed by atoms with Crippen LogP contribution in [0.4, 0.5) is 10.1 Å². The van der Waals surface area contributed by atoms with E-state index in [1.54, 1.807) is 0 Å². The van der Waals surface area contributed by atoms with Crippen LogP contribution < -0.4 is 15.8 Å². The first-order valence-electron chi connectivity index (χ1n) is 6.60. The average molecular weight is 317 g/mol. The van der Waals surface area contributed by atoms with Crippen LogP contribution in [0.15, 0.2) is 17.0 Å². The number of nitrogen functional groups attached to an aromatic ring is 1. The molecular weight excluding hydrogens is 297 g/mol. The summed E-state index contributed by atoms with van der Waals surface area (Å²) in [6.45, 7) is 3.88. The molecule has 0 radical (unpaired) electrons. The van der Waals surface area contributed by atoms with E-state index in [1.165, 1.54) is 13.0 Å². The van der Waals surface area contributed by atoms with Gasteiger partial charge in [-0.15, -0.1) is 0 Å². The number of anilines is 1. The van der Waals surface area contributed by atoms with Crippen LogP contribution in [0.25, 0.3) is 0 Å². The predicted octanol–water partition coefficient (Wildman–Crippen LogP) is 0.911. The molecule has 0 saturated heterocycles. The van der Waals surface area contributed by atoms with Gasteiger partial charge in [-0.25, -0.2) is 17.5 Å². The van der Waals surface area contributed by atoms with Crippen molar-refractivity contribution in [2.75, 3.05) is 18.8 Å². The van der Waals surface area contributed by atoms with Crippen molar-refractivity contribution in [3.05, 3.63) is 23.5 Å². The van der Waals surface area contributed by atoms with Crippen LogP contribution in [0, 0.1) is 12.7 Å². The molecule has 1 aromatic carbocycles. The van der Waals surface area contributed by atoms with Gasteiger partial charge in [0.25, 0.3) is 0 Å². The van der Waals surface area contributed by atoms with Crippen molar-refractivity contribution in [1.29, 1.82) is 0 Å². The zero-order chi connectivity index (χ0) is 16.0. The number of carbonyl (C=O) groups excluding carboxylic acids is 1. The highest BCUT2D eigenvalue weighted by atomic mass is 32.2.